The van der Waals surface area contributed by atoms with Crippen molar-refractivity contribution in [2.45, 2.75) is 30.8 Å². The molecule has 5 rings (SSSR count). The minimum Gasteiger partial charge on any atom is -0.496 e. The first-order chi connectivity index (χ1) is 16.3. The Bertz CT molecular complexity index is 1180. The molecule has 0 unspecified atom stereocenters. The van der Waals surface area contributed by atoms with Crippen LogP contribution in [0.4, 0.5) is 0 Å². The smallest absolute Gasteiger partial charge is 0.327 e. The average molecular weight is 483 g/mol. The Labute approximate surface area is 203 Å². The number of methoxy groups -OCH3 is 2. The molecule has 3 heterocycles. The van der Waals surface area contributed by atoms with E-state index in [1.807, 2.05) is 47.4 Å². The largest absolute Gasteiger partial charge is 0.496 e. The number of esters is 1. The third-order valence-electron chi connectivity index (χ3n) is 7.72. The van der Waals surface area contributed by atoms with Crippen LogP contribution in [0.1, 0.15) is 30.9 Å². The van der Waals surface area contributed by atoms with E-state index in [0.29, 0.717) is 23.7 Å². The van der Waals surface area contributed by atoms with Gasteiger partial charge in [0.25, 0.3) is 0 Å². The first-order valence-electron chi connectivity index (χ1n) is 11.5. The van der Waals surface area contributed by atoms with Crippen molar-refractivity contribution < 1.29 is 23.9 Å². The molecule has 178 valence electrons. The Balaban J connectivity index is 1.66. The lowest BCUT2D eigenvalue weighted by molar-refractivity contribution is -0.163. The highest BCUT2D eigenvalue weighted by atomic mass is 35.5. The van der Waals surface area contributed by atoms with Crippen LogP contribution in [0.5, 0.6) is 5.75 Å². The summed E-state index contributed by atoms with van der Waals surface area (Å²) in [5, 5.41) is 0.622. The number of likely N-dealkylation sites (tertiary alicyclic amines) is 1. The molecular weight excluding hydrogens is 456 g/mol. The van der Waals surface area contributed by atoms with E-state index in [-0.39, 0.29) is 11.8 Å². The quantitative estimate of drug-likeness (QED) is 0.488. The number of fused-ring (bicyclic) bond motifs is 3. The van der Waals surface area contributed by atoms with Gasteiger partial charge in [0.05, 0.1) is 26.1 Å². The van der Waals surface area contributed by atoms with Gasteiger partial charge in [-0.2, -0.15) is 0 Å². The topological polar surface area (TPSA) is 76.2 Å². The van der Waals surface area contributed by atoms with Gasteiger partial charge in [-0.15, -0.1) is 0 Å². The molecule has 0 N–H and O–H groups in total. The zero-order chi connectivity index (χ0) is 24.2. The molecule has 3 saturated heterocycles. The molecule has 0 saturated carbocycles. The van der Waals surface area contributed by atoms with Crippen LogP contribution in [0.15, 0.2) is 42.5 Å². The molecule has 3 fully saturated rings. The van der Waals surface area contributed by atoms with E-state index < -0.39 is 29.4 Å². The minimum atomic E-state index is -1.14. The van der Waals surface area contributed by atoms with Crippen molar-refractivity contribution in [3.05, 3.63) is 53.1 Å². The molecule has 4 atom stereocenters. The molecule has 7 nitrogen and oxygen atoms in total. The normalized spacial score (nSPS) is 28.6. The molecule has 0 aromatic heterocycles. The number of benzene rings is 2. The molecule has 0 bridgehead atoms. The molecule has 0 aliphatic carbocycles. The van der Waals surface area contributed by atoms with Crippen molar-refractivity contribution in [2.75, 3.05) is 27.8 Å². The molecule has 0 radical (unpaired) electrons. The van der Waals surface area contributed by atoms with Gasteiger partial charge in [-0.05, 0) is 55.1 Å². The van der Waals surface area contributed by atoms with Crippen molar-refractivity contribution >= 4 is 29.4 Å². The van der Waals surface area contributed by atoms with Crippen LogP contribution in [0, 0.1) is 11.8 Å². The van der Waals surface area contributed by atoms with Crippen LogP contribution < -0.4 is 4.74 Å². The zero-order valence-corrected chi connectivity index (χ0v) is 20.2. The van der Waals surface area contributed by atoms with Crippen molar-refractivity contribution in [3.8, 4) is 16.9 Å². The number of ether oxygens (including phenoxy) is 2. The number of nitrogens with zero attached hydrogens (tertiary/aromatic N) is 2. The number of rotatable bonds is 4. The van der Waals surface area contributed by atoms with E-state index in [9.17, 15) is 14.4 Å². The number of piperidine rings is 1. The van der Waals surface area contributed by atoms with Gasteiger partial charge in [-0.1, -0.05) is 35.9 Å². The number of carbonyl (C=O) groups excluding carboxylic acids is 3. The van der Waals surface area contributed by atoms with Gasteiger partial charge in [-0.3, -0.25) is 24.2 Å². The molecule has 2 aromatic carbocycles. The summed E-state index contributed by atoms with van der Waals surface area (Å²) >= 11 is 6.20. The van der Waals surface area contributed by atoms with Crippen LogP contribution in [0.25, 0.3) is 11.1 Å². The molecule has 0 spiro atoms. The summed E-state index contributed by atoms with van der Waals surface area (Å²) < 4.78 is 11.0. The molecule has 8 heteroatoms. The average Bonchev–Trinajstić information content (AvgIpc) is 3.29. The van der Waals surface area contributed by atoms with Crippen molar-refractivity contribution in [3.63, 3.8) is 0 Å². The molecule has 2 amide bonds. The Hall–Kier alpha value is -2.90. The summed E-state index contributed by atoms with van der Waals surface area (Å²) in [6.07, 6.45) is 2.16. The van der Waals surface area contributed by atoms with E-state index in [2.05, 4.69) is 0 Å². The van der Waals surface area contributed by atoms with Gasteiger partial charge in [-0.25, -0.2) is 0 Å². The Morgan fingerprint density at radius 3 is 2.59 bits per heavy atom. The summed E-state index contributed by atoms with van der Waals surface area (Å²) in [5.41, 5.74) is 1.47. The Morgan fingerprint density at radius 2 is 1.88 bits per heavy atom. The highest BCUT2D eigenvalue weighted by Crippen LogP contribution is 2.58. The summed E-state index contributed by atoms with van der Waals surface area (Å²) in [6.45, 7) is 0.607. The number of hydrogen-bond donors (Lipinski definition) is 0. The highest BCUT2D eigenvalue weighted by Gasteiger charge is 2.72. The van der Waals surface area contributed by atoms with Gasteiger partial charge in [0.2, 0.25) is 11.8 Å². The standard InChI is InChI=1S/C26H27ClN2O5/c1-28-23(30)20-21(24(28)31)26(25(32)34-3)11-4-5-12-29(26)22(20)16-9-10-18(19(14-16)33-2)15-7-6-8-17(27)13-15/h6-10,13-14,20-22H,4-5,11-12H2,1-3H3/t20-,21-,22+,26-/m0/s1. The third kappa shape index (κ3) is 3.10. The lowest BCUT2D eigenvalue weighted by Gasteiger charge is -2.44. The molecule has 2 aromatic rings. The second-order valence-electron chi connectivity index (χ2n) is 9.22. The maximum Gasteiger partial charge on any atom is 0.327 e. The SMILES string of the molecule is COC(=O)[C@@]12CCCCN1[C@H](c1ccc(-c3cccc(Cl)c3)c(OC)c1)[C@H]1C(=O)N(C)C(=O)[C@H]12. The fraction of sp³-hybridized carbons (Fsp3) is 0.423. The lowest BCUT2D eigenvalue weighted by atomic mass is 9.75. The van der Waals surface area contributed by atoms with E-state index in [1.54, 1.807) is 7.11 Å². The predicted octanol–water partition coefficient (Wildman–Crippen LogP) is 3.70. The number of halogens is 1. The summed E-state index contributed by atoms with van der Waals surface area (Å²) in [5.74, 6) is -1.79. The second-order valence-corrected chi connectivity index (χ2v) is 9.66. The van der Waals surface area contributed by atoms with Crippen LogP contribution in [0.3, 0.4) is 0 Å². The number of carbonyl (C=O) groups is 3. The molecule has 3 aliphatic rings. The second kappa shape index (κ2) is 8.40. The van der Waals surface area contributed by atoms with Crippen LogP contribution in [0.2, 0.25) is 5.02 Å². The van der Waals surface area contributed by atoms with Crippen molar-refractivity contribution in [1.29, 1.82) is 0 Å². The highest BCUT2D eigenvalue weighted by molar-refractivity contribution is 6.30. The zero-order valence-electron chi connectivity index (χ0n) is 19.4. The van der Waals surface area contributed by atoms with E-state index in [0.717, 1.165) is 29.5 Å². The maximum atomic E-state index is 13.3. The van der Waals surface area contributed by atoms with Gasteiger partial charge in [0, 0.05) is 23.7 Å². The summed E-state index contributed by atoms with van der Waals surface area (Å²) in [4.78, 5) is 43.1. The van der Waals surface area contributed by atoms with Gasteiger partial charge in [0.15, 0.2) is 0 Å². The van der Waals surface area contributed by atoms with Crippen LogP contribution in [-0.2, 0) is 19.1 Å². The van der Waals surface area contributed by atoms with Crippen LogP contribution >= 0.6 is 11.6 Å². The molecule has 34 heavy (non-hydrogen) atoms. The van der Waals surface area contributed by atoms with Gasteiger partial charge in [0.1, 0.15) is 11.3 Å². The molecular formula is C26H27ClN2O5. The molecule has 3 aliphatic heterocycles. The summed E-state index contributed by atoms with van der Waals surface area (Å²) in [7, 11) is 4.45. The lowest BCUT2D eigenvalue weighted by Crippen LogP contribution is -2.59. The van der Waals surface area contributed by atoms with Crippen molar-refractivity contribution in [1.82, 2.24) is 9.80 Å². The summed E-state index contributed by atoms with van der Waals surface area (Å²) in [6, 6.07) is 12.9. The maximum absolute atomic E-state index is 13.3. The first kappa shape index (κ1) is 22.9. The number of imide groups is 1. The van der Waals surface area contributed by atoms with Crippen LogP contribution in [-0.4, -0.2) is 60.9 Å². The minimum absolute atomic E-state index is 0.254. The van der Waals surface area contributed by atoms with E-state index in [4.69, 9.17) is 21.1 Å². The fourth-order valence-electron chi connectivity index (χ4n) is 6.29. The predicted molar refractivity (Wildman–Crippen MR) is 126 cm³/mol. The van der Waals surface area contributed by atoms with E-state index in [1.165, 1.54) is 19.1 Å². The first-order valence-corrected chi connectivity index (χ1v) is 11.8. The fourth-order valence-corrected chi connectivity index (χ4v) is 6.48. The Morgan fingerprint density at radius 1 is 1.09 bits per heavy atom. The number of amides is 2. The van der Waals surface area contributed by atoms with Crippen molar-refractivity contribution in [2.24, 2.45) is 11.8 Å². The van der Waals surface area contributed by atoms with E-state index >= 15 is 0 Å². The Kier molecular flexibility index (Phi) is 5.65. The van der Waals surface area contributed by atoms with Gasteiger partial charge < -0.3 is 9.47 Å². The monoisotopic (exact) mass is 482 g/mol. The van der Waals surface area contributed by atoms with Gasteiger partial charge >= 0.3 is 5.97 Å². The third-order valence-corrected chi connectivity index (χ3v) is 7.96. The number of hydrogen-bond acceptors (Lipinski definition) is 6.